The predicted molar refractivity (Wildman–Crippen MR) is 114 cm³/mol. The Morgan fingerprint density at radius 3 is 2.43 bits per heavy atom. The monoisotopic (exact) mass is 383 g/mol. The minimum Gasteiger partial charge on any atom is -0.348 e. The van der Waals surface area contributed by atoms with Gasteiger partial charge in [0.05, 0.1) is 12.6 Å². The van der Waals surface area contributed by atoms with Gasteiger partial charge in [0.1, 0.15) is 0 Å². The number of nitrogens with one attached hydrogen (secondary N) is 1. The third-order valence-corrected chi connectivity index (χ3v) is 6.99. The normalized spacial score (nSPS) is 25.1. The molecule has 4 heteroatoms. The first kappa shape index (κ1) is 19.9. The summed E-state index contributed by atoms with van der Waals surface area (Å²) in [6.07, 6.45) is 11.5. The van der Waals surface area contributed by atoms with E-state index in [2.05, 4.69) is 39.4 Å². The van der Waals surface area contributed by atoms with E-state index in [0.29, 0.717) is 6.54 Å². The van der Waals surface area contributed by atoms with Gasteiger partial charge >= 0.3 is 0 Å². The number of fused-ring (bicyclic) bond motifs is 1. The van der Waals surface area contributed by atoms with E-state index in [9.17, 15) is 4.79 Å². The number of hydrogen-bond acceptors (Lipinski definition) is 3. The molecule has 2 fully saturated rings. The van der Waals surface area contributed by atoms with Gasteiger partial charge in [-0.05, 0) is 88.2 Å². The maximum atomic E-state index is 12.7. The number of likely N-dealkylation sites (tertiary alicyclic amines) is 2. The third-order valence-electron chi connectivity index (χ3n) is 6.99. The Kier molecular flexibility index (Phi) is 7.03. The van der Waals surface area contributed by atoms with Gasteiger partial charge in [0.2, 0.25) is 5.91 Å². The minimum absolute atomic E-state index is 0.202. The van der Waals surface area contributed by atoms with Crippen molar-refractivity contribution in [3.05, 3.63) is 35.4 Å². The Morgan fingerprint density at radius 1 is 0.893 bits per heavy atom. The van der Waals surface area contributed by atoms with Crippen molar-refractivity contribution in [2.45, 2.75) is 63.8 Å². The van der Waals surface area contributed by atoms with Gasteiger partial charge < -0.3 is 10.2 Å². The summed E-state index contributed by atoms with van der Waals surface area (Å²) in [5.41, 5.74) is 2.74. The van der Waals surface area contributed by atoms with Crippen LogP contribution in [-0.2, 0) is 11.2 Å². The number of aryl methyl sites for hydroxylation is 1. The standard InChI is InChI=1S/C24H37N3O/c28-24(25-23-11-7-9-21-8-3-4-10-22(21)23)19-27-16-12-20(13-17-27)18-26-14-5-1-2-6-15-26/h3-4,8,10,20,23H,1-2,5-7,9,11-19H2,(H,25,28). The van der Waals surface area contributed by atoms with Gasteiger partial charge in [-0.3, -0.25) is 9.69 Å². The lowest BCUT2D eigenvalue weighted by Crippen LogP contribution is -2.44. The summed E-state index contributed by atoms with van der Waals surface area (Å²) in [6, 6.07) is 8.81. The largest absolute Gasteiger partial charge is 0.348 e. The SMILES string of the molecule is O=C(CN1CCC(CN2CCCCCC2)CC1)NC1CCCc2ccccc21. The minimum atomic E-state index is 0.202. The highest BCUT2D eigenvalue weighted by atomic mass is 16.2. The second-order valence-corrected chi connectivity index (χ2v) is 9.15. The third kappa shape index (κ3) is 5.36. The molecule has 2 heterocycles. The van der Waals surface area contributed by atoms with Crippen molar-refractivity contribution >= 4 is 5.91 Å². The Balaban J connectivity index is 1.20. The number of piperidine rings is 1. The van der Waals surface area contributed by atoms with E-state index in [1.807, 2.05) is 0 Å². The molecule has 0 aromatic heterocycles. The molecule has 0 radical (unpaired) electrons. The zero-order chi connectivity index (χ0) is 19.2. The molecule has 4 nitrogen and oxygen atoms in total. The molecule has 0 spiro atoms. The Hall–Kier alpha value is -1.39. The number of carbonyl (C=O) groups is 1. The fraction of sp³-hybridized carbons (Fsp3) is 0.708. The van der Waals surface area contributed by atoms with Gasteiger partial charge in [-0.1, -0.05) is 37.1 Å². The van der Waals surface area contributed by atoms with Crippen LogP contribution in [0.15, 0.2) is 24.3 Å². The molecule has 0 bridgehead atoms. The van der Waals surface area contributed by atoms with Crippen LogP contribution in [0.2, 0.25) is 0 Å². The van der Waals surface area contributed by atoms with Crippen LogP contribution in [0.1, 0.15) is 68.5 Å². The summed E-state index contributed by atoms with van der Waals surface area (Å²) in [5.74, 6) is 1.02. The molecule has 28 heavy (non-hydrogen) atoms. The lowest BCUT2D eigenvalue weighted by molar-refractivity contribution is -0.123. The van der Waals surface area contributed by atoms with E-state index in [-0.39, 0.29) is 11.9 Å². The first-order valence-corrected chi connectivity index (χ1v) is 11.6. The molecule has 1 aromatic carbocycles. The number of rotatable bonds is 5. The van der Waals surface area contributed by atoms with Crippen molar-refractivity contribution in [2.24, 2.45) is 5.92 Å². The number of hydrogen-bond donors (Lipinski definition) is 1. The van der Waals surface area contributed by atoms with Gasteiger partial charge in [0.25, 0.3) is 0 Å². The topological polar surface area (TPSA) is 35.6 Å². The summed E-state index contributed by atoms with van der Waals surface area (Å²) in [7, 11) is 0. The molecule has 0 saturated carbocycles. The highest BCUT2D eigenvalue weighted by Gasteiger charge is 2.25. The van der Waals surface area contributed by atoms with E-state index in [1.54, 1.807) is 0 Å². The van der Waals surface area contributed by atoms with Crippen molar-refractivity contribution in [3.63, 3.8) is 0 Å². The van der Waals surface area contributed by atoms with Crippen LogP contribution >= 0.6 is 0 Å². The molecule has 1 amide bonds. The Bertz CT molecular complexity index is 630. The second kappa shape index (κ2) is 9.89. The first-order chi connectivity index (χ1) is 13.8. The molecule has 1 atom stereocenters. The van der Waals surface area contributed by atoms with Gasteiger partial charge in [0, 0.05) is 6.54 Å². The number of nitrogens with zero attached hydrogens (tertiary/aromatic N) is 2. The maximum Gasteiger partial charge on any atom is 0.234 e. The highest BCUT2D eigenvalue weighted by Crippen LogP contribution is 2.29. The summed E-state index contributed by atoms with van der Waals surface area (Å²) in [6.45, 7) is 6.59. The maximum absolute atomic E-state index is 12.7. The van der Waals surface area contributed by atoms with Crippen LogP contribution in [0.25, 0.3) is 0 Å². The van der Waals surface area contributed by atoms with Gasteiger partial charge in [-0.25, -0.2) is 0 Å². The average Bonchev–Trinajstić information content (AvgIpc) is 2.98. The lowest BCUT2D eigenvalue weighted by Gasteiger charge is -2.34. The van der Waals surface area contributed by atoms with E-state index in [0.717, 1.165) is 31.8 Å². The van der Waals surface area contributed by atoms with Crippen LogP contribution in [0, 0.1) is 5.92 Å². The van der Waals surface area contributed by atoms with E-state index < -0.39 is 0 Å². The first-order valence-electron chi connectivity index (χ1n) is 11.6. The molecule has 2 saturated heterocycles. The van der Waals surface area contributed by atoms with Crippen molar-refractivity contribution < 1.29 is 4.79 Å². The van der Waals surface area contributed by atoms with Crippen molar-refractivity contribution in [1.82, 2.24) is 15.1 Å². The number of benzene rings is 1. The molecule has 2 aliphatic heterocycles. The Morgan fingerprint density at radius 2 is 1.64 bits per heavy atom. The molecule has 1 aliphatic carbocycles. The van der Waals surface area contributed by atoms with Crippen LogP contribution in [0.4, 0.5) is 0 Å². The average molecular weight is 384 g/mol. The second-order valence-electron chi connectivity index (χ2n) is 9.15. The van der Waals surface area contributed by atoms with Gasteiger partial charge in [-0.15, -0.1) is 0 Å². The van der Waals surface area contributed by atoms with Crippen LogP contribution in [0.3, 0.4) is 0 Å². The smallest absolute Gasteiger partial charge is 0.234 e. The fourth-order valence-corrected chi connectivity index (χ4v) is 5.36. The predicted octanol–water partition coefficient (Wildman–Crippen LogP) is 3.77. The van der Waals surface area contributed by atoms with Gasteiger partial charge in [-0.2, -0.15) is 0 Å². The summed E-state index contributed by atoms with van der Waals surface area (Å²) >= 11 is 0. The molecular weight excluding hydrogens is 346 g/mol. The highest BCUT2D eigenvalue weighted by molar-refractivity contribution is 5.78. The van der Waals surface area contributed by atoms with Gasteiger partial charge in [0.15, 0.2) is 0 Å². The molecule has 154 valence electrons. The summed E-state index contributed by atoms with van der Waals surface area (Å²) < 4.78 is 0. The molecule has 1 N–H and O–H groups in total. The quantitative estimate of drug-likeness (QED) is 0.841. The number of carbonyl (C=O) groups excluding carboxylic acids is 1. The zero-order valence-electron chi connectivity index (χ0n) is 17.4. The number of amides is 1. The van der Waals surface area contributed by atoms with E-state index in [1.165, 1.54) is 75.7 Å². The van der Waals surface area contributed by atoms with Crippen molar-refractivity contribution in [2.75, 3.05) is 39.3 Å². The molecule has 1 aromatic rings. The summed E-state index contributed by atoms with van der Waals surface area (Å²) in [4.78, 5) is 17.7. The van der Waals surface area contributed by atoms with E-state index in [4.69, 9.17) is 0 Å². The van der Waals surface area contributed by atoms with E-state index >= 15 is 0 Å². The molecule has 4 rings (SSSR count). The van der Waals surface area contributed by atoms with Crippen LogP contribution in [0.5, 0.6) is 0 Å². The Labute approximate surface area is 170 Å². The van der Waals surface area contributed by atoms with Crippen molar-refractivity contribution in [3.8, 4) is 0 Å². The van der Waals surface area contributed by atoms with Crippen LogP contribution < -0.4 is 5.32 Å². The fourth-order valence-electron chi connectivity index (χ4n) is 5.36. The van der Waals surface area contributed by atoms with Crippen molar-refractivity contribution in [1.29, 1.82) is 0 Å². The zero-order valence-corrected chi connectivity index (χ0v) is 17.4. The molecule has 1 unspecified atom stereocenters. The molecular formula is C24H37N3O. The van der Waals surface area contributed by atoms with Crippen LogP contribution in [-0.4, -0.2) is 55.0 Å². The molecule has 3 aliphatic rings. The summed E-state index contributed by atoms with van der Waals surface area (Å²) in [5, 5.41) is 3.32. The lowest BCUT2D eigenvalue weighted by atomic mass is 9.88.